The van der Waals surface area contributed by atoms with Crippen molar-refractivity contribution in [3.8, 4) is 0 Å². The average molecular weight is 458 g/mol. The molecule has 2 aromatic carbocycles. The third-order valence-electron chi connectivity index (χ3n) is 8.01. The second-order valence-corrected chi connectivity index (χ2v) is 10.0. The number of fused-ring (bicyclic) bond motifs is 2. The van der Waals surface area contributed by atoms with E-state index in [0.29, 0.717) is 5.91 Å². The third-order valence-corrected chi connectivity index (χ3v) is 8.01. The molecule has 0 saturated carbocycles. The highest BCUT2D eigenvalue weighted by atomic mass is 16.2. The molecule has 2 fully saturated rings. The van der Waals surface area contributed by atoms with Crippen LogP contribution in [0.15, 0.2) is 54.7 Å². The predicted octanol–water partition coefficient (Wildman–Crippen LogP) is 4.10. The minimum absolute atomic E-state index is 0.100. The molecule has 2 saturated heterocycles. The van der Waals surface area contributed by atoms with Crippen LogP contribution in [0.4, 0.5) is 11.4 Å². The van der Waals surface area contributed by atoms with Gasteiger partial charge in [0.1, 0.15) is 6.04 Å². The molecule has 3 aliphatic rings. The Hall–Kier alpha value is -2.99. The summed E-state index contributed by atoms with van der Waals surface area (Å²) in [7, 11) is 0. The first-order valence-electron chi connectivity index (χ1n) is 13.0. The van der Waals surface area contributed by atoms with Gasteiger partial charge in [0.05, 0.1) is 6.04 Å². The lowest BCUT2D eigenvalue weighted by Crippen LogP contribution is -2.62. The van der Waals surface area contributed by atoms with E-state index >= 15 is 0 Å². The number of piperidine rings is 1. The van der Waals surface area contributed by atoms with Gasteiger partial charge in [0, 0.05) is 67.7 Å². The number of hydrogen-bond donors (Lipinski definition) is 2. The van der Waals surface area contributed by atoms with Crippen LogP contribution in [0.1, 0.15) is 31.2 Å². The van der Waals surface area contributed by atoms with Crippen LogP contribution in [-0.2, 0) is 11.2 Å². The molecule has 0 spiro atoms. The van der Waals surface area contributed by atoms with Gasteiger partial charge in [-0.3, -0.25) is 9.69 Å². The molecule has 0 aliphatic carbocycles. The lowest BCUT2D eigenvalue weighted by molar-refractivity contribution is -0.138. The van der Waals surface area contributed by atoms with Gasteiger partial charge in [0.2, 0.25) is 5.91 Å². The fourth-order valence-electron chi connectivity index (χ4n) is 6.17. The molecule has 6 rings (SSSR count). The minimum Gasteiger partial charge on any atom is -0.380 e. The number of amides is 1. The van der Waals surface area contributed by atoms with Gasteiger partial charge in [-0.15, -0.1) is 0 Å². The maximum Gasteiger partial charge on any atom is 0.242 e. The number of aromatic nitrogens is 1. The number of nitrogens with zero attached hydrogens (tertiary/aromatic N) is 3. The number of likely N-dealkylation sites (tertiary alicyclic amines) is 1. The summed E-state index contributed by atoms with van der Waals surface area (Å²) in [5.41, 5.74) is 5.05. The quantitative estimate of drug-likeness (QED) is 0.620. The lowest BCUT2D eigenvalue weighted by atomic mass is 9.91. The van der Waals surface area contributed by atoms with E-state index in [0.717, 1.165) is 65.0 Å². The van der Waals surface area contributed by atoms with Crippen molar-refractivity contribution < 1.29 is 4.79 Å². The summed E-state index contributed by atoms with van der Waals surface area (Å²) >= 11 is 0. The van der Waals surface area contributed by atoms with Crippen molar-refractivity contribution in [1.29, 1.82) is 0 Å². The van der Waals surface area contributed by atoms with Crippen molar-refractivity contribution in [2.24, 2.45) is 0 Å². The highest BCUT2D eigenvalue weighted by molar-refractivity contribution is 5.92. The zero-order chi connectivity index (χ0) is 22.9. The predicted molar refractivity (Wildman–Crippen MR) is 138 cm³/mol. The van der Waals surface area contributed by atoms with Crippen LogP contribution in [0.3, 0.4) is 0 Å². The number of H-pyrrole nitrogens is 1. The minimum atomic E-state index is -0.100. The molecule has 1 amide bonds. The van der Waals surface area contributed by atoms with Gasteiger partial charge in [0.25, 0.3) is 0 Å². The van der Waals surface area contributed by atoms with Crippen molar-refractivity contribution in [2.75, 3.05) is 49.5 Å². The number of carbonyl (C=O) groups is 1. The highest BCUT2D eigenvalue weighted by Crippen LogP contribution is 2.31. The van der Waals surface area contributed by atoms with Gasteiger partial charge in [-0.05, 0) is 61.9 Å². The summed E-state index contributed by atoms with van der Waals surface area (Å²) in [6.07, 6.45) is 7.57. The van der Waals surface area contributed by atoms with Gasteiger partial charge in [-0.25, -0.2) is 0 Å². The topological polar surface area (TPSA) is 54.6 Å². The first-order valence-corrected chi connectivity index (χ1v) is 13.0. The Labute approximate surface area is 201 Å². The van der Waals surface area contributed by atoms with Gasteiger partial charge in [-0.1, -0.05) is 24.3 Å². The van der Waals surface area contributed by atoms with E-state index in [2.05, 4.69) is 73.5 Å². The normalized spacial score (nSPS) is 22.3. The first kappa shape index (κ1) is 21.5. The molecule has 3 aliphatic heterocycles. The van der Waals surface area contributed by atoms with Crippen molar-refractivity contribution >= 4 is 28.2 Å². The molecular formula is C28H35N5O. The molecule has 2 atom stereocenters. The Bertz CT molecular complexity index is 1140. The SMILES string of the molecule is O=C(C(C1CCc2ccccc2N1)N1CCN(c2cccc3[nH]ccc23)CC1)N1CCCCC1. The summed E-state index contributed by atoms with van der Waals surface area (Å²) in [5.74, 6) is 0.331. The summed E-state index contributed by atoms with van der Waals surface area (Å²) in [5, 5.41) is 5.05. The lowest BCUT2D eigenvalue weighted by Gasteiger charge is -2.45. The van der Waals surface area contributed by atoms with E-state index in [-0.39, 0.29) is 12.1 Å². The number of nitrogens with one attached hydrogen (secondary N) is 2. The van der Waals surface area contributed by atoms with Crippen LogP contribution in [0.2, 0.25) is 0 Å². The fraction of sp³-hybridized carbons (Fsp3) is 0.464. The van der Waals surface area contributed by atoms with Crippen molar-refractivity contribution in [3.05, 3.63) is 60.3 Å². The Morgan fingerprint density at radius 2 is 1.71 bits per heavy atom. The number of hydrogen-bond acceptors (Lipinski definition) is 4. The second-order valence-electron chi connectivity index (χ2n) is 10.0. The molecule has 178 valence electrons. The number of aryl methyl sites for hydroxylation is 1. The number of para-hydroxylation sites is 1. The Balaban J connectivity index is 1.22. The summed E-state index contributed by atoms with van der Waals surface area (Å²) in [6, 6.07) is 17.3. The van der Waals surface area contributed by atoms with Crippen molar-refractivity contribution in [1.82, 2.24) is 14.8 Å². The van der Waals surface area contributed by atoms with E-state index in [9.17, 15) is 4.79 Å². The van der Waals surface area contributed by atoms with Crippen LogP contribution in [0.25, 0.3) is 10.9 Å². The molecule has 1 aromatic heterocycles. The van der Waals surface area contributed by atoms with E-state index in [1.807, 2.05) is 6.20 Å². The van der Waals surface area contributed by atoms with E-state index in [1.54, 1.807) is 0 Å². The summed E-state index contributed by atoms with van der Waals surface area (Å²) in [6.45, 7) is 5.52. The number of carbonyl (C=O) groups excluding carboxylic acids is 1. The van der Waals surface area contributed by atoms with Gasteiger partial charge >= 0.3 is 0 Å². The largest absolute Gasteiger partial charge is 0.380 e. The highest BCUT2D eigenvalue weighted by Gasteiger charge is 2.39. The monoisotopic (exact) mass is 457 g/mol. The van der Waals surface area contributed by atoms with Crippen molar-refractivity contribution in [2.45, 2.75) is 44.2 Å². The van der Waals surface area contributed by atoms with Gasteiger partial charge in [-0.2, -0.15) is 0 Å². The second kappa shape index (κ2) is 9.34. The first-order chi connectivity index (χ1) is 16.8. The Morgan fingerprint density at radius 3 is 2.56 bits per heavy atom. The molecule has 6 nitrogen and oxygen atoms in total. The maximum absolute atomic E-state index is 13.9. The zero-order valence-electron chi connectivity index (χ0n) is 19.9. The zero-order valence-corrected chi connectivity index (χ0v) is 19.9. The average Bonchev–Trinajstić information content (AvgIpc) is 3.39. The number of anilines is 2. The Kier molecular flexibility index (Phi) is 5.91. The molecule has 2 N–H and O–H groups in total. The standard InChI is InChI=1S/C28H35N5O/c34-28(33-15-4-1-5-16-33)27(25-12-11-21-7-2-3-8-23(21)30-25)32-19-17-31(18-20-32)26-10-6-9-24-22(26)13-14-29-24/h2-3,6-10,13-14,25,27,29-30H,1,4-5,11-12,15-20H2. The summed E-state index contributed by atoms with van der Waals surface area (Å²) in [4.78, 5) is 24.4. The molecule has 34 heavy (non-hydrogen) atoms. The van der Waals surface area contributed by atoms with Gasteiger partial charge in [0.15, 0.2) is 0 Å². The van der Waals surface area contributed by atoms with Crippen LogP contribution >= 0.6 is 0 Å². The molecule has 6 heteroatoms. The fourth-order valence-corrected chi connectivity index (χ4v) is 6.17. The number of benzene rings is 2. The molecule has 3 aromatic rings. The van der Waals surface area contributed by atoms with Crippen molar-refractivity contribution in [3.63, 3.8) is 0 Å². The molecule has 4 heterocycles. The number of piperazine rings is 1. The van der Waals surface area contributed by atoms with Crippen LogP contribution in [0, 0.1) is 0 Å². The third kappa shape index (κ3) is 4.05. The van der Waals surface area contributed by atoms with E-state index in [4.69, 9.17) is 0 Å². The Morgan fingerprint density at radius 1 is 0.882 bits per heavy atom. The van der Waals surface area contributed by atoms with E-state index in [1.165, 1.54) is 34.3 Å². The molecule has 0 bridgehead atoms. The van der Waals surface area contributed by atoms with Gasteiger partial charge < -0.3 is 20.1 Å². The smallest absolute Gasteiger partial charge is 0.242 e. The molecule has 2 unspecified atom stereocenters. The van der Waals surface area contributed by atoms with Crippen LogP contribution in [0.5, 0.6) is 0 Å². The molecular weight excluding hydrogens is 422 g/mol. The van der Waals surface area contributed by atoms with Crippen LogP contribution in [-0.4, -0.2) is 72.0 Å². The number of aromatic amines is 1. The number of rotatable bonds is 4. The molecule has 0 radical (unpaired) electrons. The van der Waals surface area contributed by atoms with E-state index < -0.39 is 0 Å². The summed E-state index contributed by atoms with van der Waals surface area (Å²) < 4.78 is 0. The van der Waals surface area contributed by atoms with Crippen LogP contribution < -0.4 is 10.2 Å². The maximum atomic E-state index is 13.9.